The molecule has 2 aliphatic rings. The fourth-order valence-corrected chi connectivity index (χ4v) is 4.05. The van der Waals surface area contributed by atoms with Crippen LogP contribution in [-0.4, -0.2) is 24.1 Å². The molecule has 0 aliphatic heterocycles. The zero-order chi connectivity index (χ0) is 17.0. The van der Waals surface area contributed by atoms with Gasteiger partial charge in [0.05, 0.1) is 5.69 Å². The number of pyridine rings is 1. The van der Waals surface area contributed by atoms with E-state index in [0.717, 1.165) is 22.2 Å². The van der Waals surface area contributed by atoms with Crippen molar-refractivity contribution in [3.8, 4) is 0 Å². The lowest BCUT2D eigenvalue weighted by Gasteiger charge is -2.08. The molecule has 3 aromatic heterocycles. The molecular formula is C18H19N5OS. The molecule has 0 amide bonds. The summed E-state index contributed by atoms with van der Waals surface area (Å²) in [6.07, 6.45) is 6.69. The number of rotatable bonds is 5. The molecule has 2 saturated carbocycles. The highest BCUT2D eigenvalue weighted by atomic mass is 32.2. The average Bonchev–Trinajstić information content (AvgIpc) is 3.51. The van der Waals surface area contributed by atoms with Crippen LogP contribution in [0.5, 0.6) is 0 Å². The third kappa shape index (κ3) is 2.86. The van der Waals surface area contributed by atoms with Crippen molar-refractivity contribution in [3.63, 3.8) is 0 Å². The molecule has 5 rings (SSSR count). The lowest BCUT2D eigenvalue weighted by atomic mass is 10.3. The van der Waals surface area contributed by atoms with Gasteiger partial charge in [0, 0.05) is 30.0 Å². The van der Waals surface area contributed by atoms with E-state index >= 15 is 0 Å². The summed E-state index contributed by atoms with van der Waals surface area (Å²) < 4.78 is 3.92. The minimum atomic E-state index is -0.0390. The second-order valence-electron chi connectivity index (χ2n) is 7.02. The number of fused-ring (bicyclic) bond motifs is 1. The van der Waals surface area contributed by atoms with Crippen molar-refractivity contribution < 1.29 is 0 Å². The van der Waals surface area contributed by atoms with Gasteiger partial charge in [-0.2, -0.15) is 0 Å². The molecule has 3 aromatic rings. The molecule has 128 valence electrons. The molecule has 0 N–H and O–H groups in total. The van der Waals surface area contributed by atoms with E-state index < -0.39 is 0 Å². The van der Waals surface area contributed by atoms with Crippen LogP contribution in [0.2, 0.25) is 0 Å². The topological polar surface area (TPSA) is 65.1 Å². The Balaban J connectivity index is 1.43. The summed E-state index contributed by atoms with van der Waals surface area (Å²) in [7, 11) is 0. The summed E-state index contributed by atoms with van der Waals surface area (Å²) in [5, 5.41) is 9.82. The quantitative estimate of drug-likeness (QED) is 0.660. The molecule has 7 heteroatoms. The molecule has 2 aliphatic carbocycles. The van der Waals surface area contributed by atoms with Crippen LogP contribution in [0, 0.1) is 6.92 Å². The predicted molar refractivity (Wildman–Crippen MR) is 96.0 cm³/mol. The summed E-state index contributed by atoms with van der Waals surface area (Å²) in [6, 6.07) is 6.05. The Bertz CT molecular complexity index is 1020. The highest BCUT2D eigenvalue weighted by molar-refractivity contribution is 7.98. The van der Waals surface area contributed by atoms with Gasteiger partial charge in [0.25, 0.3) is 5.56 Å². The molecule has 2 fully saturated rings. The summed E-state index contributed by atoms with van der Waals surface area (Å²) >= 11 is 1.63. The van der Waals surface area contributed by atoms with Gasteiger partial charge in [-0.3, -0.25) is 9.20 Å². The number of hydrogen-bond acceptors (Lipinski definition) is 5. The predicted octanol–water partition coefficient (Wildman–Crippen LogP) is 3.10. The average molecular weight is 353 g/mol. The van der Waals surface area contributed by atoms with Crippen LogP contribution in [0.3, 0.4) is 0 Å². The van der Waals surface area contributed by atoms with Crippen molar-refractivity contribution in [1.29, 1.82) is 0 Å². The van der Waals surface area contributed by atoms with Gasteiger partial charge in [-0.1, -0.05) is 11.8 Å². The third-order valence-electron chi connectivity index (χ3n) is 4.77. The first kappa shape index (κ1) is 15.1. The maximum atomic E-state index is 12.3. The summed E-state index contributed by atoms with van der Waals surface area (Å²) in [5.41, 5.74) is 2.55. The smallest absolute Gasteiger partial charge is 0.258 e. The molecule has 0 atom stereocenters. The second kappa shape index (κ2) is 5.69. The second-order valence-corrected chi connectivity index (χ2v) is 7.97. The maximum absolute atomic E-state index is 12.3. The van der Waals surface area contributed by atoms with Crippen LogP contribution >= 0.6 is 11.8 Å². The number of nitrogens with zero attached hydrogens (tertiary/aromatic N) is 5. The van der Waals surface area contributed by atoms with E-state index in [9.17, 15) is 4.79 Å². The Hall–Kier alpha value is -2.15. The number of thioether (sulfide) groups is 1. The fraction of sp³-hybridized carbons (Fsp3) is 0.444. The Morgan fingerprint density at radius 3 is 2.80 bits per heavy atom. The van der Waals surface area contributed by atoms with E-state index in [0.29, 0.717) is 23.4 Å². The molecule has 25 heavy (non-hydrogen) atoms. The van der Waals surface area contributed by atoms with Gasteiger partial charge in [0.15, 0.2) is 5.16 Å². The van der Waals surface area contributed by atoms with Crippen molar-refractivity contribution in [2.45, 2.75) is 55.5 Å². The Kier molecular flexibility index (Phi) is 3.45. The van der Waals surface area contributed by atoms with Crippen molar-refractivity contribution in [2.24, 2.45) is 0 Å². The third-order valence-corrected chi connectivity index (χ3v) is 5.75. The van der Waals surface area contributed by atoms with Gasteiger partial charge in [-0.15, -0.1) is 10.2 Å². The van der Waals surface area contributed by atoms with Gasteiger partial charge in [0.1, 0.15) is 11.5 Å². The lowest BCUT2D eigenvalue weighted by molar-refractivity contribution is 0.627. The van der Waals surface area contributed by atoms with Gasteiger partial charge in [-0.05, 0) is 50.3 Å². The standard InChI is InChI=1S/C18H19N5OS/c1-11-6-7-22-15(8-11)19-13(9-16(22)24)10-25-18-21-20-17(12-2-3-12)23(18)14-4-5-14/h6-9,12,14H,2-5,10H2,1H3. The molecule has 0 radical (unpaired) electrons. The van der Waals surface area contributed by atoms with Crippen LogP contribution < -0.4 is 5.56 Å². The van der Waals surface area contributed by atoms with E-state index in [-0.39, 0.29) is 5.56 Å². The van der Waals surface area contributed by atoms with Crippen LogP contribution in [0.25, 0.3) is 5.65 Å². The molecule has 6 nitrogen and oxygen atoms in total. The normalized spacial score (nSPS) is 17.3. The van der Waals surface area contributed by atoms with E-state index in [2.05, 4.69) is 19.7 Å². The highest BCUT2D eigenvalue weighted by Gasteiger charge is 2.36. The van der Waals surface area contributed by atoms with Crippen molar-refractivity contribution in [1.82, 2.24) is 24.1 Å². The molecule has 0 unspecified atom stereocenters. The first-order valence-electron chi connectivity index (χ1n) is 8.75. The van der Waals surface area contributed by atoms with Crippen molar-refractivity contribution >= 4 is 17.4 Å². The molecular weight excluding hydrogens is 334 g/mol. The van der Waals surface area contributed by atoms with E-state index in [1.165, 1.54) is 25.7 Å². The summed E-state index contributed by atoms with van der Waals surface area (Å²) in [5.74, 6) is 2.40. The number of aryl methyl sites for hydroxylation is 1. The van der Waals surface area contributed by atoms with Crippen LogP contribution in [0.15, 0.2) is 34.3 Å². The van der Waals surface area contributed by atoms with E-state index in [1.54, 1.807) is 28.4 Å². The maximum Gasteiger partial charge on any atom is 0.258 e. The zero-order valence-corrected chi connectivity index (χ0v) is 14.9. The highest BCUT2D eigenvalue weighted by Crippen LogP contribution is 2.46. The molecule has 0 spiro atoms. The van der Waals surface area contributed by atoms with Crippen molar-refractivity contribution in [3.05, 3.63) is 51.8 Å². The number of aromatic nitrogens is 5. The summed E-state index contributed by atoms with van der Waals surface area (Å²) in [4.78, 5) is 16.9. The zero-order valence-electron chi connectivity index (χ0n) is 14.1. The van der Waals surface area contributed by atoms with E-state index in [1.807, 2.05) is 19.1 Å². The first-order valence-corrected chi connectivity index (χ1v) is 9.74. The van der Waals surface area contributed by atoms with Gasteiger partial charge >= 0.3 is 0 Å². The Morgan fingerprint density at radius 2 is 2.04 bits per heavy atom. The van der Waals surface area contributed by atoms with Crippen LogP contribution in [0.1, 0.15) is 54.7 Å². The molecule has 0 bridgehead atoms. The SMILES string of the molecule is Cc1ccn2c(=O)cc(CSc3nnc(C4CC4)n3C3CC3)nc2c1. The van der Waals surface area contributed by atoms with E-state index in [4.69, 9.17) is 0 Å². The minimum Gasteiger partial charge on any atom is -0.303 e. The molecule has 0 saturated heterocycles. The summed E-state index contributed by atoms with van der Waals surface area (Å²) in [6.45, 7) is 2.01. The Morgan fingerprint density at radius 1 is 1.20 bits per heavy atom. The largest absolute Gasteiger partial charge is 0.303 e. The van der Waals surface area contributed by atoms with Gasteiger partial charge < -0.3 is 4.57 Å². The molecule has 0 aromatic carbocycles. The van der Waals surface area contributed by atoms with Gasteiger partial charge in [0.2, 0.25) is 0 Å². The minimum absolute atomic E-state index is 0.0390. The Labute approximate surface area is 149 Å². The molecule has 3 heterocycles. The first-order chi connectivity index (χ1) is 12.2. The number of hydrogen-bond donors (Lipinski definition) is 0. The van der Waals surface area contributed by atoms with Crippen molar-refractivity contribution in [2.75, 3.05) is 0 Å². The fourth-order valence-electron chi connectivity index (χ4n) is 3.15. The lowest BCUT2D eigenvalue weighted by Crippen LogP contribution is -2.15. The monoisotopic (exact) mass is 353 g/mol. The van der Waals surface area contributed by atoms with Crippen LogP contribution in [-0.2, 0) is 5.75 Å². The van der Waals surface area contributed by atoms with Gasteiger partial charge in [-0.25, -0.2) is 4.98 Å². The van der Waals surface area contributed by atoms with Crippen LogP contribution in [0.4, 0.5) is 0 Å².